The summed E-state index contributed by atoms with van der Waals surface area (Å²) in [5.41, 5.74) is 5.11. The third kappa shape index (κ3) is 4.14. The van der Waals surface area contributed by atoms with Crippen LogP contribution in [0.3, 0.4) is 0 Å². The van der Waals surface area contributed by atoms with Gasteiger partial charge in [0.25, 0.3) is 0 Å². The Morgan fingerprint density at radius 3 is 2.56 bits per heavy atom. The predicted molar refractivity (Wildman–Crippen MR) is 107 cm³/mol. The lowest BCUT2D eigenvalue weighted by atomic mass is 10.1. The summed E-state index contributed by atoms with van der Waals surface area (Å²) in [5, 5.41) is 4.70. The topological polar surface area (TPSA) is 42.0 Å². The van der Waals surface area contributed by atoms with Crippen molar-refractivity contribution in [3.05, 3.63) is 64.3 Å². The summed E-state index contributed by atoms with van der Waals surface area (Å²) in [6.45, 7) is 6.09. The molecule has 0 aliphatic carbocycles. The first-order chi connectivity index (χ1) is 11.9. The van der Waals surface area contributed by atoms with Crippen molar-refractivity contribution in [1.29, 1.82) is 0 Å². The highest BCUT2D eigenvalue weighted by Crippen LogP contribution is 2.29. The van der Waals surface area contributed by atoms with E-state index in [0.29, 0.717) is 10.8 Å². The van der Waals surface area contributed by atoms with Gasteiger partial charge in [0.15, 0.2) is 0 Å². The predicted octanol–water partition coefficient (Wildman–Crippen LogP) is 5.54. The number of fused-ring (bicyclic) bond motifs is 1. The van der Waals surface area contributed by atoms with E-state index in [-0.39, 0.29) is 5.91 Å². The number of benzene rings is 2. The van der Waals surface area contributed by atoms with Crippen molar-refractivity contribution < 1.29 is 4.79 Å². The molecule has 128 valence electrons. The molecule has 0 radical (unpaired) electrons. The zero-order chi connectivity index (χ0) is 18.0. The van der Waals surface area contributed by atoms with Crippen LogP contribution < -0.4 is 5.32 Å². The number of anilines is 1. The molecule has 0 spiro atoms. The minimum absolute atomic E-state index is 0.0148. The van der Waals surface area contributed by atoms with Crippen molar-refractivity contribution in [2.75, 3.05) is 11.1 Å². The summed E-state index contributed by atoms with van der Waals surface area (Å²) in [5.74, 6) is 0.327. The normalized spacial score (nSPS) is 10.9. The Kier molecular flexibility index (Phi) is 5.30. The number of amides is 1. The maximum Gasteiger partial charge on any atom is 0.234 e. The molecule has 1 N–H and O–H groups in total. The molecule has 0 aliphatic rings. The van der Waals surface area contributed by atoms with Crippen molar-refractivity contribution in [1.82, 2.24) is 4.98 Å². The molecule has 3 rings (SSSR count). The van der Waals surface area contributed by atoms with Gasteiger partial charge in [-0.15, -0.1) is 11.8 Å². The van der Waals surface area contributed by atoms with Gasteiger partial charge < -0.3 is 5.32 Å². The average molecular weight is 371 g/mol. The molecule has 3 aromatic rings. The highest BCUT2D eigenvalue weighted by molar-refractivity contribution is 8.00. The molecule has 0 aliphatic heterocycles. The van der Waals surface area contributed by atoms with E-state index in [4.69, 9.17) is 11.6 Å². The second-order valence-electron chi connectivity index (χ2n) is 6.08. The standard InChI is InChI=1S/C20H19ClN2OS/c1-12-8-13(2)20(14(3)9-12)23-19(24)11-25-18-6-7-22-17-10-15(21)4-5-16(17)18/h4-10H,11H2,1-3H3,(H,23,24). The fourth-order valence-electron chi connectivity index (χ4n) is 2.92. The Bertz CT molecular complexity index is 933. The molecule has 0 atom stereocenters. The highest BCUT2D eigenvalue weighted by atomic mass is 35.5. The molecule has 25 heavy (non-hydrogen) atoms. The molecule has 0 saturated heterocycles. The SMILES string of the molecule is Cc1cc(C)c(NC(=O)CSc2ccnc3cc(Cl)ccc23)c(C)c1. The molecule has 0 bridgehead atoms. The minimum Gasteiger partial charge on any atom is -0.325 e. The van der Waals surface area contributed by atoms with Gasteiger partial charge in [-0.3, -0.25) is 9.78 Å². The molecule has 0 unspecified atom stereocenters. The monoisotopic (exact) mass is 370 g/mol. The lowest BCUT2D eigenvalue weighted by Crippen LogP contribution is -2.16. The number of halogens is 1. The largest absolute Gasteiger partial charge is 0.325 e. The average Bonchev–Trinajstić information content (AvgIpc) is 2.55. The molecular formula is C20H19ClN2OS. The van der Waals surface area contributed by atoms with Crippen LogP contribution in [0.15, 0.2) is 47.5 Å². The quantitative estimate of drug-likeness (QED) is 0.612. The van der Waals surface area contributed by atoms with E-state index in [1.165, 1.54) is 17.3 Å². The second kappa shape index (κ2) is 7.46. The highest BCUT2D eigenvalue weighted by Gasteiger charge is 2.10. The van der Waals surface area contributed by atoms with Crippen LogP contribution in [0.25, 0.3) is 10.9 Å². The van der Waals surface area contributed by atoms with Crippen LogP contribution in [0.1, 0.15) is 16.7 Å². The molecular weight excluding hydrogens is 352 g/mol. The maximum absolute atomic E-state index is 12.4. The van der Waals surface area contributed by atoms with E-state index in [1.807, 2.05) is 38.1 Å². The van der Waals surface area contributed by atoms with Crippen molar-refractivity contribution >= 4 is 45.9 Å². The molecule has 0 fully saturated rings. The van der Waals surface area contributed by atoms with Gasteiger partial charge in [-0.2, -0.15) is 0 Å². The first kappa shape index (κ1) is 17.8. The van der Waals surface area contributed by atoms with Crippen LogP contribution in [0.2, 0.25) is 5.02 Å². The van der Waals surface area contributed by atoms with E-state index in [0.717, 1.165) is 32.6 Å². The van der Waals surface area contributed by atoms with Crippen LogP contribution in [0, 0.1) is 20.8 Å². The van der Waals surface area contributed by atoms with Crippen LogP contribution >= 0.6 is 23.4 Å². The number of rotatable bonds is 4. The number of nitrogens with one attached hydrogen (secondary N) is 1. The first-order valence-corrected chi connectivity index (χ1v) is 9.35. The Labute approximate surface area is 156 Å². The Balaban J connectivity index is 1.73. The van der Waals surface area contributed by atoms with E-state index in [9.17, 15) is 4.79 Å². The van der Waals surface area contributed by atoms with Gasteiger partial charge in [-0.25, -0.2) is 0 Å². The number of nitrogens with zero attached hydrogens (tertiary/aromatic N) is 1. The number of pyridine rings is 1. The summed E-state index contributed by atoms with van der Waals surface area (Å²) >= 11 is 7.52. The Morgan fingerprint density at radius 1 is 1.12 bits per heavy atom. The molecule has 0 saturated carbocycles. The lowest BCUT2D eigenvalue weighted by molar-refractivity contribution is -0.113. The number of aryl methyl sites for hydroxylation is 3. The number of carbonyl (C=O) groups is 1. The number of hydrogen-bond acceptors (Lipinski definition) is 3. The molecule has 2 aromatic carbocycles. The molecule has 1 amide bonds. The first-order valence-electron chi connectivity index (χ1n) is 7.99. The number of aromatic nitrogens is 1. The van der Waals surface area contributed by atoms with Gasteiger partial charge in [0.2, 0.25) is 5.91 Å². The molecule has 1 aromatic heterocycles. The summed E-state index contributed by atoms with van der Waals surface area (Å²) in [4.78, 5) is 17.7. The molecule has 5 heteroatoms. The third-order valence-corrected chi connectivity index (χ3v) is 5.27. The number of carbonyl (C=O) groups excluding carboxylic acids is 1. The van der Waals surface area contributed by atoms with Crippen LogP contribution in [0.5, 0.6) is 0 Å². The summed E-state index contributed by atoms with van der Waals surface area (Å²) in [7, 11) is 0. The van der Waals surface area contributed by atoms with Crippen molar-refractivity contribution in [3.8, 4) is 0 Å². The van der Waals surface area contributed by atoms with E-state index in [1.54, 1.807) is 6.20 Å². The van der Waals surface area contributed by atoms with Gasteiger partial charge in [0.1, 0.15) is 0 Å². The summed E-state index contributed by atoms with van der Waals surface area (Å²) < 4.78 is 0. The minimum atomic E-state index is -0.0148. The van der Waals surface area contributed by atoms with Gasteiger partial charge in [-0.05, 0) is 50.1 Å². The lowest BCUT2D eigenvalue weighted by Gasteiger charge is -2.13. The van der Waals surface area contributed by atoms with Crippen molar-refractivity contribution in [2.24, 2.45) is 0 Å². The van der Waals surface area contributed by atoms with Crippen molar-refractivity contribution in [3.63, 3.8) is 0 Å². The van der Waals surface area contributed by atoms with Gasteiger partial charge in [0.05, 0.1) is 11.3 Å². The Hall–Kier alpha value is -2.04. The fraction of sp³-hybridized carbons (Fsp3) is 0.200. The molecule has 1 heterocycles. The third-order valence-electron chi connectivity index (χ3n) is 3.96. The summed E-state index contributed by atoms with van der Waals surface area (Å²) in [6, 6.07) is 11.7. The summed E-state index contributed by atoms with van der Waals surface area (Å²) in [6.07, 6.45) is 1.74. The molecule has 3 nitrogen and oxygen atoms in total. The van der Waals surface area contributed by atoms with Crippen LogP contribution in [-0.4, -0.2) is 16.6 Å². The fourth-order valence-corrected chi connectivity index (χ4v) is 3.93. The van der Waals surface area contributed by atoms with E-state index in [2.05, 4.69) is 29.4 Å². The van der Waals surface area contributed by atoms with E-state index >= 15 is 0 Å². The Morgan fingerprint density at radius 2 is 1.84 bits per heavy atom. The van der Waals surface area contributed by atoms with Crippen molar-refractivity contribution in [2.45, 2.75) is 25.7 Å². The van der Waals surface area contributed by atoms with Gasteiger partial charge in [0, 0.05) is 27.2 Å². The van der Waals surface area contributed by atoms with Gasteiger partial charge in [-0.1, -0.05) is 35.4 Å². The van der Waals surface area contributed by atoms with Gasteiger partial charge >= 0.3 is 0 Å². The second-order valence-corrected chi connectivity index (χ2v) is 7.53. The zero-order valence-electron chi connectivity index (χ0n) is 14.4. The van der Waals surface area contributed by atoms with E-state index < -0.39 is 0 Å². The maximum atomic E-state index is 12.4. The smallest absolute Gasteiger partial charge is 0.234 e. The van der Waals surface area contributed by atoms with Crippen LogP contribution in [-0.2, 0) is 4.79 Å². The number of hydrogen-bond donors (Lipinski definition) is 1. The van der Waals surface area contributed by atoms with Crippen LogP contribution in [0.4, 0.5) is 5.69 Å². The zero-order valence-corrected chi connectivity index (χ0v) is 16.0. The number of thioether (sulfide) groups is 1.